The molecule has 0 aliphatic carbocycles. The fourth-order valence-electron chi connectivity index (χ4n) is 5.05. The van der Waals surface area contributed by atoms with Crippen LogP contribution in [0.3, 0.4) is 0 Å². The van der Waals surface area contributed by atoms with Crippen LogP contribution in [0, 0.1) is 5.92 Å². The van der Waals surface area contributed by atoms with Crippen molar-refractivity contribution in [3.05, 3.63) is 118 Å². The lowest BCUT2D eigenvalue weighted by Gasteiger charge is -2.34. The maximum Gasteiger partial charge on any atom is 0.264 e. The molecular weight excluding hydrogens is 673 g/mol. The van der Waals surface area contributed by atoms with Crippen molar-refractivity contribution in [3.63, 3.8) is 0 Å². The van der Waals surface area contributed by atoms with E-state index < -0.39 is 28.5 Å². The Kier molecular flexibility index (Phi) is 12.7. The lowest BCUT2D eigenvalue weighted by Crippen LogP contribution is -2.53. The highest BCUT2D eigenvalue weighted by molar-refractivity contribution is 7.92. The summed E-state index contributed by atoms with van der Waals surface area (Å²) < 4.78 is 40.4. The number of nitrogens with one attached hydrogen (secondary N) is 1. The zero-order chi connectivity index (χ0) is 34.8. The molecule has 0 radical (unpaired) electrons. The van der Waals surface area contributed by atoms with Gasteiger partial charge in [-0.2, -0.15) is 0 Å². The lowest BCUT2D eigenvalue weighted by molar-refractivity contribution is -0.140. The summed E-state index contributed by atoms with van der Waals surface area (Å²) in [5, 5.41) is 3.83. The Hall–Kier alpha value is -4.25. The molecule has 1 atom stereocenters. The highest BCUT2D eigenvalue weighted by atomic mass is 35.5. The molecule has 254 valence electrons. The van der Waals surface area contributed by atoms with Crippen LogP contribution in [0.4, 0.5) is 5.69 Å². The molecule has 0 aliphatic heterocycles. The molecule has 0 saturated carbocycles. The number of hydrogen-bond acceptors (Lipinski definition) is 6. The van der Waals surface area contributed by atoms with Crippen molar-refractivity contribution >= 4 is 50.7 Å². The molecule has 9 nitrogen and oxygen atoms in total. The van der Waals surface area contributed by atoms with Crippen molar-refractivity contribution in [2.75, 3.05) is 31.6 Å². The Bertz CT molecular complexity index is 1800. The number of methoxy groups -OCH3 is 2. The molecule has 12 heteroatoms. The average Bonchev–Trinajstić information content (AvgIpc) is 3.08. The first-order valence-electron chi connectivity index (χ1n) is 15.3. The zero-order valence-corrected chi connectivity index (χ0v) is 29.6. The van der Waals surface area contributed by atoms with Gasteiger partial charge in [0.15, 0.2) is 11.5 Å². The van der Waals surface area contributed by atoms with Gasteiger partial charge >= 0.3 is 0 Å². The van der Waals surface area contributed by atoms with Crippen LogP contribution in [0.25, 0.3) is 0 Å². The van der Waals surface area contributed by atoms with Gasteiger partial charge < -0.3 is 19.7 Å². The van der Waals surface area contributed by atoms with Crippen LogP contribution < -0.4 is 19.1 Å². The molecule has 0 aliphatic rings. The number of rotatable bonds is 15. The van der Waals surface area contributed by atoms with Gasteiger partial charge in [0.1, 0.15) is 12.6 Å². The molecule has 1 unspecified atom stereocenters. The van der Waals surface area contributed by atoms with E-state index in [0.717, 1.165) is 9.87 Å². The van der Waals surface area contributed by atoms with Crippen molar-refractivity contribution in [2.45, 2.75) is 37.8 Å². The van der Waals surface area contributed by atoms with Gasteiger partial charge in [0.05, 0.1) is 24.8 Å². The fraction of sp³-hybridized carbons (Fsp3) is 0.278. The molecule has 0 saturated heterocycles. The van der Waals surface area contributed by atoms with Gasteiger partial charge in [-0.25, -0.2) is 8.42 Å². The molecule has 4 aromatic rings. The molecular formula is C36H39Cl2N3O6S. The minimum absolute atomic E-state index is 0.00312. The Balaban J connectivity index is 1.82. The predicted molar refractivity (Wildman–Crippen MR) is 189 cm³/mol. The number of hydrogen-bond donors (Lipinski definition) is 1. The molecule has 2 amide bonds. The van der Waals surface area contributed by atoms with Crippen molar-refractivity contribution in [1.29, 1.82) is 0 Å². The minimum Gasteiger partial charge on any atom is -0.493 e. The molecule has 4 rings (SSSR count). The second kappa shape index (κ2) is 16.7. The first-order valence-corrected chi connectivity index (χ1v) is 17.5. The number of ether oxygens (including phenoxy) is 2. The van der Waals surface area contributed by atoms with Gasteiger partial charge in [-0.15, -0.1) is 0 Å². The van der Waals surface area contributed by atoms with Crippen LogP contribution >= 0.6 is 23.2 Å². The summed E-state index contributed by atoms with van der Waals surface area (Å²) in [6.45, 7) is 3.72. The van der Waals surface area contributed by atoms with Crippen LogP contribution in [-0.4, -0.2) is 58.5 Å². The van der Waals surface area contributed by atoms with Crippen LogP contribution in [0.1, 0.15) is 25.0 Å². The number of amides is 2. The van der Waals surface area contributed by atoms with Gasteiger partial charge in [-0.3, -0.25) is 13.9 Å². The van der Waals surface area contributed by atoms with Crippen LogP contribution in [-0.2, 0) is 32.6 Å². The third kappa shape index (κ3) is 9.43. The van der Waals surface area contributed by atoms with E-state index in [-0.39, 0.29) is 41.1 Å². The SMILES string of the molecule is COc1ccc(S(=O)(=O)N(CC(=O)N(Cc2cccc(Cl)c2)C(Cc2ccccc2)C(=O)NCC(C)C)c2ccc(Cl)cc2)cc1OC. The van der Waals surface area contributed by atoms with E-state index >= 15 is 0 Å². The third-order valence-electron chi connectivity index (χ3n) is 7.53. The molecule has 0 heterocycles. The van der Waals surface area contributed by atoms with E-state index in [1.807, 2.05) is 44.2 Å². The summed E-state index contributed by atoms with van der Waals surface area (Å²) in [6, 6.07) is 25.7. The Morgan fingerprint density at radius 3 is 2.08 bits per heavy atom. The lowest BCUT2D eigenvalue weighted by atomic mass is 10.0. The summed E-state index contributed by atoms with van der Waals surface area (Å²) >= 11 is 12.5. The quantitative estimate of drug-likeness (QED) is 0.149. The number of carbonyl (C=O) groups excluding carboxylic acids is 2. The van der Waals surface area contributed by atoms with Crippen molar-refractivity contribution < 1.29 is 27.5 Å². The van der Waals surface area contributed by atoms with Gasteiger partial charge in [-0.05, 0) is 65.6 Å². The van der Waals surface area contributed by atoms with Crippen molar-refractivity contribution in [2.24, 2.45) is 5.92 Å². The van der Waals surface area contributed by atoms with E-state index in [1.165, 1.54) is 49.5 Å². The zero-order valence-electron chi connectivity index (χ0n) is 27.2. The normalized spacial score (nSPS) is 11.9. The van der Waals surface area contributed by atoms with E-state index in [1.54, 1.807) is 36.4 Å². The summed E-state index contributed by atoms with van der Waals surface area (Å²) in [5.41, 5.74) is 1.71. The Morgan fingerprint density at radius 1 is 0.792 bits per heavy atom. The Labute approximate surface area is 292 Å². The Morgan fingerprint density at radius 2 is 1.46 bits per heavy atom. The summed E-state index contributed by atoms with van der Waals surface area (Å²) in [6.07, 6.45) is 0.195. The summed E-state index contributed by atoms with van der Waals surface area (Å²) in [4.78, 5) is 29.8. The maximum absolute atomic E-state index is 14.6. The topological polar surface area (TPSA) is 105 Å². The van der Waals surface area contributed by atoms with Gasteiger partial charge in [0.25, 0.3) is 10.0 Å². The minimum atomic E-state index is -4.37. The second-order valence-corrected chi connectivity index (χ2v) is 14.2. The number of carbonyl (C=O) groups is 2. The first kappa shape index (κ1) is 36.6. The van der Waals surface area contributed by atoms with Gasteiger partial charge in [0.2, 0.25) is 11.8 Å². The first-order chi connectivity index (χ1) is 22.9. The summed E-state index contributed by atoms with van der Waals surface area (Å²) in [5.74, 6) is -0.253. The molecule has 0 fully saturated rings. The van der Waals surface area contributed by atoms with E-state index in [4.69, 9.17) is 32.7 Å². The van der Waals surface area contributed by atoms with Crippen molar-refractivity contribution in [3.8, 4) is 11.5 Å². The largest absolute Gasteiger partial charge is 0.493 e. The standard InChI is InChI=1S/C36H39Cl2N3O6S/c1-25(2)22-39-36(43)32(20-26-9-6-5-7-10-26)40(23-27-11-8-12-29(38)19-27)35(42)24-41(30-15-13-28(37)14-16-30)48(44,45)31-17-18-33(46-3)34(21-31)47-4/h5-19,21,25,32H,20,22-24H2,1-4H3,(H,39,43). The molecule has 4 aromatic carbocycles. The maximum atomic E-state index is 14.6. The summed E-state index contributed by atoms with van der Waals surface area (Å²) in [7, 11) is -1.52. The number of benzene rings is 4. The highest BCUT2D eigenvalue weighted by Crippen LogP contribution is 2.33. The molecule has 1 N–H and O–H groups in total. The molecule has 0 bridgehead atoms. The van der Waals surface area contributed by atoms with E-state index in [0.29, 0.717) is 27.9 Å². The monoisotopic (exact) mass is 711 g/mol. The fourth-order valence-corrected chi connectivity index (χ4v) is 6.82. The number of nitrogens with zero attached hydrogens (tertiary/aromatic N) is 2. The number of anilines is 1. The van der Waals surface area contributed by atoms with E-state index in [2.05, 4.69) is 5.32 Å². The van der Waals surface area contributed by atoms with Crippen LogP contribution in [0.15, 0.2) is 102 Å². The van der Waals surface area contributed by atoms with Crippen LogP contribution in [0.2, 0.25) is 10.0 Å². The van der Waals surface area contributed by atoms with Gasteiger partial charge in [0, 0.05) is 35.6 Å². The van der Waals surface area contributed by atoms with E-state index in [9.17, 15) is 18.0 Å². The molecule has 0 spiro atoms. The molecule has 48 heavy (non-hydrogen) atoms. The van der Waals surface area contributed by atoms with Crippen LogP contribution in [0.5, 0.6) is 11.5 Å². The predicted octanol–water partition coefficient (Wildman–Crippen LogP) is 6.62. The highest BCUT2D eigenvalue weighted by Gasteiger charge is 2.35. The molecule has 0 aromatic heterocycles. The number of halogens is 2. The average molecular weight is 713 g/mol. The third-order valence-corrected chi connectivity index (χ3v) is 9.79. The number of sulfonamides is 1. The smallest absolute Gasteiger partial charge is 0.264 e. The van der Waals surface area contributed by atoms with Gasteiger partial charge in [-0.1, -0.05) is 79.5 Å². The van der Waals surface area contributed by atoms with Crippen molar-refractivity contribution in [1.82, 2.24) is 10.2 Å². The second-order valence-electron chi connectivity index (χ2n) is 11.5.